The Bertz CT molecular complexity index is 547. The average Bonchev–Trinajstić information content (AvgIpc) is 2.46. The fourth-order valence-corrected chi connectivity index (χ4v) is 2.31. The number of ether oxygens (including phenoxy) is 1. The zero-order chi connectivity index (χ0) is 17.4. The molecule has 23 heavy (non-hydrogen) atoms. The van der Waals surface area contributed by atoms with Crippen molar-refractivity contribution in [2.24, 2.45) is 5.92 Å². The van der Waals surface area contributed by atoms with Gasteiger partial charge in [0.2, 0.25) is 0 Å². The second kappa shape index (κ2) is 9.40. The molecular weight excluding hydrogens is 316 g/mol. The first-order valence-electron chi connectivity index (χ1n) is 7.81. The first-order chi connectivity index (χ1) is 10.8. The molecule has 0 aliphatic rings. The molecule has 0 saturated carbocycles. The first kappa shape index (κ1) is 19.3. The molecular formula is C17H25ClN2O3. The maximum Gasteiger partial charge on any atom is 0.340 e. The Morgan fingerprint density at radius 1 is 1.26 bits per heavy atom. The van der Waals surface area contributed by atoms with Crippen molar-refractivity contribution in [1.82, 2.24) is 5.32 Å². The van der Waals surface area contributed by atoms with E-state index in [1.54, 1.807) is 6.07 Å². The second-order valence-corrected chi connectivity index (χ2v) is 6.54. The van der Waals surface area contributed by atoms with Gasteiger partial charge in [-0.05, 0) is 37.5 Å². The fourth-order valence-electron chi connectivity index (χ4n) is 2.14. The van der Waals surface area contributed by atoms with Crippen LogP contribution in [-0.4, -0.2) is 24.5 Å². The van der Waals surface area contributed by atoms with E-state index in [9.17, 15) is 9.59 Å². The number of anilines is 1. The van der Waals surface area contributed by atoms with Crippen LogP contribution in [-0.2, 0) is 9.53 Å². The van der Waals surface area contributed by atoms with Crippen LogP contribution in [0.15, 0.2) is 18.2 Å². The number of halogens is 1. The van der Waals surface area contributed by atoms with Gasteiger partial charge in [-0.2, -0.15) is 0 Å². The summed E-state index contributed by atoms with van der Waals surface area (Å²) in [5.74, 6) is -0.328. The lowest BCUT2D eigenvalue weighted by Crippen LogP contribution is -2.35. The van der Waals surface area contributed by atoms with Crippen molar-refractivity contribution in [1.29, 1.82) is 0 Å². The molecule has 1 rings (SSSR count). The van der Waals surface area contributed by atoms with Gasteiger partial charge in [-0.15, -0.1) is 0 Å². The highest BCUT2D eigenvalue weighted by Crippen LogP contribution is 2.18. The third-order valence-corrected chi connectivity index (χ3v) is 3.63. The van der Waals surface area contributed by atoms with E-state index < -0.39 is 5.97 Å². The van der Waals surface area contributed by atoms with Crippen molar-refractivity contribution in [3.63, 3.8) is 0 Å². The molecule has 0 heterocycles. The lowest BCUT2D eigenvalue weighted by molar-refractivity contribution is -0.124. The Hall–Kier alpha value is -1.75. The monoisotopic (exact) mass is 340 g/mol. The van der Waals surface area contributed by atoms with Crippen LogP contribution < -0.4 is 11.1 Å². The van der Waals surface area contributed by atoms with Crippen molar-refractivity contribution in [3.8, 4) is 0 Å². The van der Waals surface area contributed by atoms with E-state index in [1.165, 1.54) is 12.1 Å². The molecule has 1 aromatic rings. The normalized spacial score (nSPS) is 12.0. The largest absolute Gasteiger partial charge is 0.452 e. The van der Waals surface area contributed by atoms with E-state index in [2.05, 4.69) is 19.2 Å². The van der Waals surface area contributed by atoms with Crippen LogP contribution >= 0.6 is 11.6 Å². The van der Waals surface area contributed by atoms with Gasteiger partial charge in [0.05, 0.1) is 5.56 Å². The van der Waals surface area contributed by atoms with Crippen LogP contribution in [0.2, 0.25) is 5.02 Å². The third-order valence-electron chi connectivity index (χ3n) is 3.40. The number of amides is 1. The van der Waals surface area contributed by atoms with Crippen LogP contribution in [0.4, 0.5) is 5.69 Å². The Labute approximate surface area is 142 Å². The van der Waals surface area contributed by atoms with E-state index >= 15 is 0 Å². The molecule has 1 atom stereocenters. The molecule has 128 valence electrons. The summed E-state index contributed by atoms with van der Waals surface area (Å²) < 4.78 is 4.98. The van der Waals surface area contributed by atoms with Gasteiger partial charge in [0, 0.05) is 16.8 Å². The van der Waals surface area contributed by atoms with Gasteiger partial charge in [-0.3, -0.25) is 4.79 Å². The van der Waals surface area contributed by atoms with Crippen LogP contribution in [0, 0.1) is 5.92 Å². The molecule has 0 bridgehead atoms. The van der Waals surface area contributed by atoms with Crippen molar-refractivity contribution in [2.45, 2.75) is 46.1 Å². The van der Waals surface area contributed by atoms with Crippen molar-refractivity contribution in [3.05, 3.63) is 28.8 Å². The molecule has 0 aliphatic carbocycles. The van der Waals surface area contributed by atoms with E-state index in [1.807, 2.05) is 6.92 Å². The maximum atomic E-state index is 11.9. The zero-order valence-corrected chi connectivity index (χ0v) is 14.7. The smallest absolute Gasteiger partial charge is 0.340 e. The summed E-state index contributed by atoms with van der Waals surface area (Å²) in [6, 6.07) is 4.58. The Kier molecular flexibility index (Phi) is 7.89. The van der Waals surface area contributed by atoms with Crippen LogP contribution in [0.25, 0.3) is 0 Å². The number of esters is 1. The Balaban J connectivity index is 2.38. The summed E-state index contributed by atoms with van der Waals surface area (Å²) in [5, 5.41) is 3.20. The summed E-state index contributed by atoms with van der Waals surface area (Å²) in [6.45, 7) is 5.95. The van der Waals surface area contributed by atoms with E-state index in [4.69, 9.17) is 22.1 Å². The van der Waals surface area contributed by atoms with E-state index in [-0.39, 0.29) is 29.8 Å². The standard InChI is InChI=1S/C17H25ClN2O3/c1-11(2)5-4-6-12(3)20-16(21)10-23-17(22)14-9-13(18)7-8-15(14)19/h7-9,11-12H,4-6,10,19H2,1-3H3,(H,20,21). The van der Waals surface area contributed by atoms with Crippen molar-refractivity contribution >= 4 is 29.2 Å². The molecule has 0 aliphatic heterocycles. The number of hydrogen-bond acceptors (Lipinski definition) is 4. The molecule has 5 nitrogen and oxygen atoms in total. The topological polar surface area (TPSA) is 81.4 Å². The Morgan fingerprint density at radius 3 is 2.61 bits per heavy atom. The number of nitrogens with one attached hydrogen (secondary N) is 1. The molecule has 1 amide bonds. The predicted octanol–water partition coefficient (Wildman–Crippen LogP) is 3.41. The molecule has 1 aromatic carbocycles. The predicted molar refractivity (Wildman–Crippen MR) is 92.4 cm³/mol. The number of carbonyl (C=O) groups excluding carboxylic acids is 2. The molecule has 0 fully saturated rings. The minimum absolute atomic E-state index is 0.0520. The number of hydrogen-bond donors (Lipinski definition) is 2. The first-order valence-corrected chi connectivity index (χ1v) is 8.19. The summed E-state index contributed by atoms with van der Waals surface area (Å²) in [7, 11) is 0. The van der Waals surface area contributed by atoms with Crippen molar-refractivity contribution in [2.75, 3.05) is 12.3 Å². The third kappa shape index (κ3) is 7.37. The number of nitrogen functional groups attached to an aromatic ring is 1. The van der Waals surface area contributed by atoms with Gasteiger partial charge in [0.15, 0.2) is 6.61 Å². The molecule has 0 saturated heterocycles. The molecule has 1 unspecified atom stereocenters. The van der Waals surface area contributed by atoms with Crippen molar-refractivity contribution < 1.29 is 14.3 Å². The van der Waals surface area contributed by atoms with E-state index in [0.717, 1.165) is 19.3 Å². The second-order valence-electron chi connectivity index (χ2n) is 6.10. The van der Waals surface area contributed by atoms with E-state index in [0.29, 0.717) is 10.9 Å². The molecule has 6 heteroatoms. The summed E-state index contributed by atoms with van der Waals surface area (Å²) in [5.41, 5.74) is 6.12. The van der Waals surface area contributed by atoms with Gasteiger partial charge < -0.3 is 15.8 Å². The lowest BCUT2D eigenvalue weighted by atomic mass is 10.0. The highest BCUT2D eigenvalue weighted by Gasteiger charge is 2.15. The highest BCUT2D eigenvalue weighted by molar-refractivity contribution is 6.31. The zero-order valence-electron chi connectivity index (χ0n) is 13.9. The fraction of sp³-hybridized carbons (Fsp3) is 0.529. The number of nitrogens with two attached hydrogens (primary N) is 1. The molecule has 0 aromatic heterocycles. The minimum atomic E-state index is -0.660. The maximum absolute atomic E-state index is 11.9. The summed E-state index contributed by atoms with van der Waals surface area (Å²) in [4.78, 5) is 23.7. The van der Waals surface area contributed by atoms with Gasteiger partial charge in [-0.1, -0.05) is 38.3 Å². The number of rotatable bonds is 8. The summed E-state index contributed by atoms with van der Waals surface area (Å²) in [6.07, 6.45) is 3.08. The van der Waals surface area contributed by atoms with Crippen LogP contribution in [0.1, 0.15) is 50.4 Å². The molecule has 0 spiro atoms. The quantitative estimate of drug-likeness (QED) is 0.561. The van der Waals surface area contributed by atoms with Gasteiger partial charge in [0.25, 0.3) is 5.91 Å². The number of benzene rings is 1. The summed E-state index contributed by atoms with van der Waals surface area (Å²) >= 11 is 5.82. The van der Waals surface area contributed by atoms with Gasteiger partial charge in [0.1, 0.15) is 0 Å². The molecule has 3 N–H and O–H groups in total. The van der Waals surface area contributed by atoms with Crippen LogP contribution in [0.5, 0.6) is 0 Å². The number of carbonyl (C=O) groups is 2. The highest BCUT2D eigenvalue weighted by atomic mass is 35.5. The lowest BCUT2D eigenvalue weighted by Gasteiger charge is -2.14. The molecule has 0 radical (unpaired) electrons. The average molecular weight is 341 g/mol. The SMILES string of the molecule is CC(C)CCCC(C)NC(=O)COC(=O)c1cc(Cl)ccc1N. The van der Waals surface area contributed by atoms with Gasteiger partial charge >= 0.3 is 5.97 Å². The van der Waals surface area contributed by atoms with Crippen LogP contribution in [0.3, 0.4) is 0 Å². The van der Waals surface area contributed by atoms with Gasteiger partial charge in [-0.25, -0.2) is 4.79 Å². The minimum Gasteiger partial charge on any atom is -0.452 e. The Morgan fingerprint density at radius 2 is 1.96 bits per heavy atom.